The van der Waals surface area contributed by atoms with Crippen LogP contribution in [0.2, 0.25) is 0 Å². The minimum Gasteiger partial charge on any atom is -0.341 e. The number of aromatic nitrogens is 1. The van der Waals surface area contributed by atoms with Crippen molar-refractivity contribution in [1.82, 2.24) is 4.57 Å². The normalized spacial score (nSPS) is 14.9. The molecule has 0 aliphatic heterocycles. The van der Waals surface area contributed by atoms with Crippen LogP contribution in [0, 0.1) is 5.92 Å². The van der Waals surface area contributed by atoms with Gasteiger partial charge in [0, 0.05) is 52.3 Å². The minimum absolute atomic E-state index is 0.107. The lowest BCUT2D eigenvalue weighted by molar-refractivity contribution is -0.140. The van der Waals surface area contributed by atoms with Crippen molar-refractivity contribution in [2.45, 2.75) is 85.1 Å². The maximum Gasteiger partial charge on any atom is 0.331 e. The van der Waals surface area contributed by atoms with Crippen molar-refractivity contribution < 1.29 is 19.2 Å². The Hall–Kier alpha value is -3.28. The van der Waals surface area contributed by atoms with Crippen molar-refractivity contribution in [3.8, 4) is 0 Å². The number of carbonyl (C=O) groups excluding carboxylic acids is 3. The summed E-state index contributed by atoms with van der Waals surface area (Å²) in [5, 5.41) is 5.81. The van der Waals surface area contributed by atoms with Crippen LogP contribution in [-0.2, 0) is 16.2 Å². The summed E-state index contributed by atoms with van der Waals surface area (Å²) in [6.07, 6.45) is 8.62. The number of carbonyl (C=O) groups is 3. The van der Waals surface area contributed by atoms with E-state index in [1.165, 1.54) is 13.3 Å². The average molecular weight is 489 g/mol. The largest absolute Gasteiger partial charge is 0.341 e. The van der Waals surface area contributed by atoms with Crippen LogP contribution in [0.15, 0.2) is 41.6 Å². The van der Waals surface area contributed by atoms with E-state index in [4.69, 9.17) is 4.84 Å². The Kier molecular flexibility index (Phi) is 8.34. The molecule has 0 saturated heterocycles. The molecule has 1 aliphatic rings. The number of Topliss-reactive ketones (excluding diaryl/α,β-unsaturated/α-hetero) is 2. The predicted octanol–water partition coefficient (Wildman–Crippen LogP) is 7.26. The lowest BCUT2D eigenvalue weighted by Crippen LogP contribution is -2.17. The SMILES string of the molecule is CCCCC/C(=N/OC(C)=O)C(=O)c1ccc2c(c1)c1cc(C(=O)C3CCCCC3)ccc1n2CC. The molecule has 1 fully saturated rings. The number of fused-ring (bicyclic) bond motifs is 3. The molecule has 0 bridgehead atoms. The van der Waals surface area contributed by atoms with Gasteiger partial charge in [0.15, 0.2) is 5.78 Å². The van der Waals surface area contributed by atoms with Gasteiger partial charge in [0.1, 0.15) is 5.71 Å². The third-order valence-electron chi connectivity index (χ3n) is 7.27. The third-order valence-corrected chi connectivity index (χ3v) is 7.27. The molecule has 3 aromatic rings. The topological polar surface area (TPSA) is 77.7 Å². The number of hydrogen-bond acceptors (Lipinski definition) is 5. The van der Waals surface area contributed by atoms with Gasteiger partial charge in [-0.25, -0.2) is 4.79 Å². The fourth-order valence-corrected chi connectivity index (χ4v) is 5.37. The van der Waals surface area contributed by atoms with Gasteiger partial charge in [0.05, 0.1) is 0 Å². The van der Waals surface area contributed by atoms with Crippen molar-refractivity contribution in [3.63, 3.8) is 0 Å². The fourth-order valence-electron chi connectivity index (χ4n) is 5.37. The zero-order chi connectivity index (χ0) is 25.7. The number of nitrogens with zero attached hydrogens (tertiary/aromatic N) is 2. The Morgan fingerprint density at radius 2 is 1.56 bits per heavy atom. The van der Waals surface area contributed by atoms with E-state index in [2.05, 4.69) is 23.6 Å². The number of aryl methyl sites for hydroxylation is 1. The van der Waals surface area contributed by atoms with Gasteiger partial charge in [-0.15, -0.1) is 0 Å². The highest BCUT2D eigenvalue weighted by Gasteiger charge is 2.24. The molecule has 4 rings (SSSR count). The number of ketones is 2. The zero-order valence-corrected chi connectivity index (χ0v) is 21.6. The molecule has 0 atom stereocenters. The van der Waals surface area contributed by atoms with E-state index in [1.54, 1.807) is 0 Å². The third kappa shape index (κ3) is 5.43. The summed E-state index contributed by atoms with van der Waals surface area (Å²) in [6.45, 7) is 6.24. The van der Waals surface area contributed by atoms with Gasteiger partial charge in [-0.2, -0.15) is 0 Å². The molecule has 1 heterocycles. The van der Waals surface area contributed by atoms with Crippen molar-refractivity contribution in [2.24, 2.45) is 11.1 Å². The lowest BCUT2D eigenvalue weighted by atomic mass is 9.83. The molecule has 1 aromatic heterocycles. The molecule has 6 nitrogen and oxygen atoms in total. The van der Waals surface area contributed by atoms with Crippen molar-refractivity contribution >= 4 is 45.1 Å². The van der Waals surface area contributed by atoms with E-state index >= 15 is 0 Å². The number of unbranched alkanes of at least 4 members (excludes halogenated alkanes) is 2. The van der Waals surface area contributed by atoms with Crippen LogP contribution >= 0.6 is 0 Å². The molecular formula is C30H36N2O4. The Balaban J connectivity index is 1.75. The summed E-state index contributed by atoms with van der Waals surface area (Å²) in [5.74, 6) is -0.447. The standard InChI is InChI=1S/C30H36N2O4/c1-4-6-8-13-26(31-36-20(3)33)30(35)23-15-17-28-25(19-23)24-18-22(14-16-27(24)32(28)5-2)29(34)21-11-9-7-10-12-21/h14-19,21H,4-13H2,1-3H3/b31-26-. The molecule has 0 radical (unpaired) electrons. The average Bonchev–Trinajstić information content (AvgIpc) is 3.22. The van der Waals surface area contributed by atoms with Gasteiger partial charge in [-0.3, -0.25) is 9.59 Å². The van der Waals surface area contributed by atoms with Gasteiger partial charge in [-0.05, 0) is 69.0 Å². The van der Waals surface area contributed by atoms with Crippen LogP contribution in [0.1, 0.15) is 99.3 Å². The molecule has 6 heteroatoms. The summed E-state index contributed by atoms with van der Waals surface area (Å²) < 4.78 is 2.21. The first-order valence-corrected chi connectivity index (χ1v) is 13.3. The molecule has 36 heavy (non-hydrogen) atoms. The summed E-state index contributed by atoms with van der Waals surface area (Å²) >= 11 is 0. The molecule has 2 aromatic carbocycles. The quantitative estimate of drug-likeness (QED) is 0.0989. The van der Waals surface area contributed by atoms with E-state index in [0.717, 1.165) is 78.9 Å². The molecular weight excluding hydrogens is 452 g/mol. The van der Waals surface area contributed by atoms with Crippen LogP contribution in [0.3, 0.4) is 0 Å². The maximum atomic E-state index is 13.4. The number of oxime groups is 1. The van der Waals surface area contributed by atoms with Gasteiger partial charge in [0.2, 0.25) is 5.78 Å². The van der Waals surface area contributed by atoms with Gasteiger partial charge < -0.3 is 9.40 Å². The molecule has 0 amide bonds. The second-order valence-electron chi connectivity index (χ2n) is 9.81. The van der Waals surface area contributed by atoms with E-state index in [1.807, 2.05) is 36.4 Å². The molecule has 1 saturated carbocycles. The zero-order valence-electron chi connectivity index (χ0n) is 21.6. The molecule has 0 N–H and O–H groups in total. The van der Waals surface area contributed by atoms with Crippen LogP contribution < -0.4 is 0 Å². The van der Waals surface area contributed by atoms with Crippen molar-refractivity contribution in [2.75, 3.05) is 0 Å². The first-order chi connectivity index (χ1) is 17.4. The van der Waals surface area contributed by atoms with Gasteiger partial charge >= 0.3 is 5.97 Å². The molecule has 1 aliphatic carbocycles. The highest BCUT2D eigenvalue weighted by atomic mass is 16.7. The van der Waals surface area contributed by atoms with E-state index in [0.29, 0.717) is 12.0 Å². The number of rotatable bonds is 10. The summed E-state index contributed by atoms with van der Waals surface area (Å²) in [4.78, 5) is 42.8. The van der Waals surface area contributed by atoms with Crippen LogP contribution in [0.25, 0.3) is 21.8 Å². The van der Waals surface area contributed by atoms with Crippen molar-refractivity contribution in [3.05, 3.63) is 47.5 Å². The van der Waals surface area contributed by atoms with Crippen LogP contribution in [0.5, 0.6) is 0 Å². The summed E-state index contributed by atoms with van der Waals surface area (Å²) in [7, 11) is 0. The first-order valence-electron chi connectivity index (χ1n) is 13.3. The Labute approximate surface area is 212 Å². The Morgan fingerprint density at radius 1 is 0.917 bits per heavy atom. The summed E-state index contributed by atoms with van der Waals surface area (Å²) in [5.41, 5.74) is 3.58. The molecule has 190 valence electrons. The van der Waals surface area contributed by atoms with Gasteiger partial charge in [0.25, 0.3) is 0 Å². The van der Waals surface area contributed by atoms with Crippen molar-refractivity contribution in [1.29, 1.82) is 0 Å². The maximum absolute atomic E-state index is 13.4. The van der Waals surface area contributed by atoms with Crippen LogP contribution in [-0.4, -0.2) is 27.8 Å². The molecule has 0 unspecified atom stereocenters. The van der Waals surface area contributed by atoms with Gasteiger partial charge in [-0.1, -0.05) is 44.2 Å². The highest BCUT2D eigenvalue weighted by Crippen LogP contribution is 2.33. The fraction of sp³-hybridized carbons (Fsp3) is 0.467. The predicted molar refractivity (Wildman–Crippen MR) is 144 cm³/mol. The van der Waals surface area contributed by atoms with E-state index in [9.17, 15) is 14.4 Å². The second kappa shape index (κ2) is 11.6. The second-order valence-corrected chi connectivity index (χ2v) is 9.81. The number of benzene rings is 2. The highest BCUT2D eigenvalue weighted by molar-refractivity contribution is 6.46. The minimum atomic E-state index is -0.549. The number of hydrogen-bond donors (Lipinski definition) is 0. The van der Waals surface area contributed by atoms with Crippen LogP contribution in [0.4, 0.5) is 0 Å². The Morgan fingerprint density at radius 3 is 2.17 bits per heavy atom. The molecule has 0 spiro atoms. The Bertz CT molecular complexity index is 1310. The summed E-state index contributed by atoms with van der Waals surface area (Å²) in [6, 6.07) is 11.7. The monoisotopic (exact) mass is 488 g/mol. The smallest absolute Gasteiger partial charge is 0.331 e. The first kappa shape index (κ1) is 25.8. The lowest BCUT2D eigenvalue weighted by Gasteiger charge is -2.20. The van der Waals surface area contributed by atoms with E-state index in [-0.39, 0.29) is 23.2 Å². The van der Waals surface area contributed by atoms with E-state index < -0.39 is 5.97 Å².